The zero-order valence-corrected chi connectivity index (χ0v) is 13.5. The first-order valence-corrected chi connectivity index (χ1v) is 7.99. The molecule has 0 unspecified atom stereocenters. The fourth-order valence-electron chi connectivity index (χ4n) is 2.56. The van der Waals surface area contributed by atoms with Crippen molar-refractivity contribution in [3.8, 4) is 0 Å². The van der Waals surface area contributed by atoms with E-state index in [1.807, 2.05) is 18.2 Å². The molecular formula is C17H23N5O. The maximum atomic E-state index is 5.35. The van der Waals surface area contributed by atoms with Crippen LogP contribution in [0.2, 0.25) is 0 Å². The fraction of sp³-hybridized carbons (Fsp3) is 0.412. The molecule has 0 radical (unpaired) electrons. The molecule has 122 valence electrons. The second-order valence-electron chi connectivity index (χ2n) is 5.66. The second-order valence-corrected chi connectivity index (χ2v) is 5.66. The Morgan fingerprint density at radius 1 is 1.13 bits per heavy atom. The van der Waals surface area contributed by atoms with E-state index in [0.717, 1.165) is 56.7 Å². The summed E-state index contributed by atoms with van der Waals surface area (Å²) < 4.78 is 5.35. The van der Waals surface area contributed by atoms with E-state index in [-0.39, 0.29) is 0 Å². The number of nitrogens with one attached hydrogen (secondary N) is 2. The largest absolute Gasteiger partial charge is 0.379 e. The molecule has 1 aliphatic rings. The molecule has 6 heteroatoms. The van der Waals surface area contributed by atoms with Gasteiger partial charge in [-0.3, -0.25) is 4.90 Å². The Morgan fingerprint density at radius 3 is 2.78 bits per heavy atom. The number of morpholine rings is 1. The molecule has 0 aliphatic carbocycles. The summed E-state index contributed by atoms with van der Waals surface area (Å²) in [5, 5.41) is 6.66. The van der Waals surface area contributed by atoms with E-state index < -0.39 is 0 Å². The second kappa shape index (κ2) is 7.89. The van der Waals surface area contributed by atoms with E-state index >= 15 is 0 Å². The Kier molecular flexibility index (Phi) is 5.39. The lowest BCUT2D eigenvalue weighted by atomic mass is 10.2. The monoisotopic (exact) mass is 313 g/mol. The first-order chi connectivity index (χ1) is 11.3. The standard InChI is InChI=1S/C17H23N5O/c1-14-3-2-4-15(11-14)21-17-12-16(19-13-20-17)18-5-6-22-7-9-23-10-8-22/h2-4,11-13H,5-10H2,1H3,(H2,18,19,20,21). The van der Waals surface area contributed by atoms with Gasteiger partial charge in [0.2, 0.25) is 0 Å². The molecule has 6 nitrogen and oxygen atoms in total. The van der Waals surface area contributed by atoms with Crippen LogP contribution >= 0.6 is 0 Å². The highest BCUT2D eigenvalue weighted by Gasteiger charge is 2.09. The van der Waals surface area contributed by atoms with Crippen molar-refractivity contribution in [2.24, 2.45) is 0 Å². The Bertz CT molecular complexity index is 628. The molecule has 0 saturated carbocycles. The van der Waals surface area contributed by atoms with Crippen LogP contribution in [-0.2, 0) is 4.74 Å². The van der Waals surface area contributed by atoms with E-state index in [2.05, 4.69) is 44.6 Å². The van der Waals surface area contributed by atoms with Gasteiger partial charge in [-0.2, -0.15) is 0 Å². The number of aromatic nitrogens is 2. The molecule has 2 heterocycles. The third-order valence-corrected chi connectivity index (χ3v) is 3.80. The Hall–Kier alpha value is -2.18. The topological polar surface area (TPSA) is 62.3 Å². The van der Waals surface area contributed by atoms with Crippen molar-refractivity contribution in [2.45, 2.75) is 6.92 Å². The molecule has 1 saturated heterocycles. The highest BCUT2D eigenvalue weighted by atomic mass is 16.5. The van der Waals surface area contributed by atoms with Gasteiger partial charge >= 0.3 is 0 Å². The normalized spacial score (nSPS) is 15.3. The van der Waals surface area contributed by atoms with Gasteiger partial charge in [0.25, 0.3) is 0 Å². The number of benzene rings is 1. The van der Waals surface area contributed by atoms with Gasteiger partial charge in [0.1, 0.15) is 18.0 Å². The van der Waals surface area contributed by atoms with Crippen LogP contribution < -0.4 is 10.6 Å². The SMILES string of the molecule is Cc1cccc(Nc2cc(NCCN3CCOCC3)ncn2)c1. The van der Waals surface area contributed by atoms with Gasteiger partial charge in [0.15, 0.2) is 0 Å². The van der Waals surface area contributed by atoms with Gasteiger partial charge in [0.05, 0.1) is 13.2 Å². The van der Waals surface area contributed by atoms with Crippen molar-refractivity contribution < 1.29 is 4.74 Å². The Balaban J connectivity index is 1.52. The minimum absolute atomic E-state index is 0.791. The number of anilines is 3. The highest BCUT2D eigenvalue weighted by Crippen LogP contribution is 2.17. The van der Waals surface area contributed by atoms with Gasteiger partial charge in [-0.1, -0.05) is 12.1 Å². The van der Waals surface area contributed by atoms with Crippen LogP contribution in [0, 0.1) is 6.92 Å². The van der Waals surface area contributed by atoms with Crippen molar-refractivity contribution in [3.05, 3.63) is 42.2 Å². The van der Waals surface area contributed by atoms with Crippen LogP contribution in [0.3, 0.4) is 0 Å². The summed E-state index contributed by atoms with van der Waals surface area (Å²) in [5.74, 6) is 1.63. The molecule has 0 atom stereocenters. The zero-order chi connectivity index (χ0) is 15.9. The van der Waals surface area contributed by atoms with Gasteiger partial charge in [0, 0.05) is 37.9 Å². The first-order valence-electron chi connectivity index (χ1n) is 7.99. The Morgan fingerprint density at radius 2 is 1.96 bits per heavy atom. The molecule has 23 heavy (non-hydrogen) atoms. The quantitative estimate of drug-likeness (QED) is 0.853. The molecule has 0 spiro atoms. The fourth-order valence-corrected chi connectivity index (χ4v) is 2.56. The van der Waals surface area contributed by atoms with E-state index in [9.17, 15) is 0 Å². The molecule has 0 amide bonds. The lowest BCUT2D eigenvalue weighted by Gasteiger charge is -2.26. The average molecular weight is 313 g/mol. The molecule has 2 aromatic rings. The van der Waals surface area contributed by atoms with Gasteiger partial charge in [-0.25, -0.2) is 9.97 Å². The van der Waals surface area contributed by atoms with Crippen LogP contribution in [0.25, 0.3) is 0 Å². The van der Waals surface area contributed by atoms with E-state index in [0.29, 0.717) is 0 Å². The maximum absolute atomic E-state index is 5.35. The van der Waals surface area contributed by atoms with Gasteiger partial charge in [-0.15, -0.1) is 0 Å². The van der Waals surface area contributed by atoms with E-state index in [1.165, 1.54) is 5.56 Å². The summed E-state index contributed by atoms with van der Waals surface area (Å²) in [5.41, 5.74) is 2.25. The maximum Gasteiger partial charge on any atom is 0.135 e. The highest BCUT2D eigenvalue weighted by molar-refractivity contribution is 5.59. The number of hydrogen-bond acceptors (Lipinski definition) is 6. The number of ether oxygens (including phenoxy) is 1. The molecular weight excluding hydrogens is 290 g/mol. The third kappa shape index (κ3) is 4.91. The minimum atomic E-state index is 0.791. The molecule has 1 aromatic heterocycles. The summed E-state index contributed by atoms with van der Waals surface area (Å²) >= 11 is 0. The van der Waals surface area contributed by atoms with Crippen LogP contribution in [0.4, 0.5) is 17.3 Å². The minimum Gasteiger partial charge on any atom is -0.379 e. The van der Waals surface area contributed by atoms with Crippen molar-refractivity contribution in [2.75, 3.05) is 50.0 Å². The summed E-state index contributed by atoms with van der Waals surface area (Å²) in [4.78, 5) is 10.9. The summed E-state index contributed by atoms with van der Waals surface area (Å²) in [6.07, 6.45) is 1.58. The predicted molar refractivity (Wildman–Crippen MR) is 92.2 cm³/mol. The summed E-state index contributed by atoms with van der Waals surface area (Å²) in [6, 6.07) is 10.2. The van der Waals surface area contributed by atoms with E-state index in [1.54, 1.807) is 6.33 Å². The average Bonchev–Trinajstić information content (AvgIpc) is 2.56. The first kappa shape index (κ1) is 15.7. The van der Waals surface area contributed by atoms with E-state index in [4.69, 9.17) is 4.74 Å². The number of hydrogen-bond donors (Lipinski definition) is 2. The summed E-state index contributed by atoms with van der Waals surface area (Å²) in [6.45, 7) is 7.60. The Labute approximate surface area is 136 Å². The molecule has 0 bridgehead atoms. The van der Waals surface area contributed by atoms with Crippen molar-refractivity contribution in [1.82, 2.24) is 14.9 Å². The number of nitrogens with zero attached hydrogens (tertiary/aromatic N) is 3. The number of aryl methyl sites for hydroxylation is 1. The van der Waals surface area contributed by atoms with Crippen molar-refractivity contribution in [1.29, 1.82) is 0 Å². The van der Waals surface area contributed by atoms with Crippen molar-refractivity contribution >= 4 is 17.3 Å². The lowest BCUT2D eigenvalue weighted by molar-refractivity contribution is 0.0398. The van der Waals surface area contributed by atoms with Gasteiger partial charge < -0.3 is 15.4 Å². The van der Waals surface area contributed by atoms with Crippen molar-refractivity contribution in [3.63, 3.8) is 0 Å². The van der Waals surface area contributed by atoms with Crippen LogP contribution in [-0.4, -0.2) is 54.3 Å². The molecule has 1 aliphatic heterocycles. The van der Waals surface area contributed by atoms with Crippen LogP contribution in [0.5, 0.6) is 0 Å². The van der Waals surface area contributed by atoms with Gasteiger partial charge in [-0.05, 0) is 24.6 Å². The zero-order valence-electron chi connectivity index (χ0n) is 13.5. The predicted octanol–water partition coefficient (Wildman–Crippen LogP) is 2.27. The molecule has 1 fully saturated rings. The lowest BCUT2D eigenvalue weighted by Crippen LogP contribution is -2.39. The van der Waals surface area contributed by atoms with Crippen LogP contribution in [0.15, 0.2) is 36.7 Å². The molecule has 3 rings (SSSR count). The molecule has 2 N–H and O–H groups in total. The summed E-state index contributed by atoms with van der Waals surface area (Å²) in [7, 11) is 0. The number of rotatable bonds is 6. The smallest absolute Gasteiger partial charge is 0.135 e. The molecule has 1 aromatic carbocycles. The van der Waals surface area contributed by atoms with Crippen LogP contribution in [0.1, 0.15) is 5.56 Å². The third-order valence-electron chi connectivity index (χ3n) is 3.80.